The summed E-state index contributed by atoms with van der Waals surface area (Å²) in [6, 6.07) is 18.3. The van der Waals surface area contributed by atoms with Gasteiger partial charge in [-0.25, -0.2) is 4.39 Å². The standard InChI is InChI=1S/C28H31FN4O2/c1-31-17-16-25(30-31)28(35)32(2)26(20-21-8-4-3-5-9-21)23-14-18-33(19-15-23)27(34)13-12-22-10-6-7-11-24(22)29/h3-13,16-17,23,26H,14-15,18-20H2,1-2H3/b13-12+/t26-/m0/s1. The summed E-state index contributed by atoms with van der Waals surface area (Å²) in [5.74, 6) is -0.325. The summed E-state index contributed by atoms with van der Waals surface area (Å²) < 4.78 is 15.5. The van der Waals surface area contributed by atoms with Crippen LogP contribution in [0, 0.1) is 11.7 Å². The van der Waals surface area contributed by atoms with E-state index in [2.05, 4.69) is 17.2 Å². The van der Waals surface area contributed by atoms with Gasteiger partial charge in [-0.05, 0) is 49.0 Å². The van der Waals surface area contributed by atoms with Gasteiger partial charge in [-0.2, -0.15) is 5.10 Å². The van der Waals surface area contributed by atoms with Crippen LogP contribution in [-0.2, 0) is 18.3 Å². The van der Waals surface area contributed by atoms with Gasteiger partial charge < -0.3 is 9.80 Å². The maximum absolute atomic E-state index is 13.9. The van der Waals surface area contributed by atoms with Gasteiger partial charge in [0.1, 0.15) is 11.5 Å². The van der Waals surface area contributed by atoms with Crippen LogP contribution in [0.3, 0.4) is 0 Å². The molecule has 2 amide bonds. The van der Waals surface area contributed by atoms with E-state index in [1.807, 2.05) is 30.1 Å². The van der Waals surface area contributed by atoms with Crippen molar-refractivity contribution in [1.82, 2.24) is 19.6 Å². The zero-order valence-corrected chi connectivity index (χ0v) is 20.2. The number of carbonyl (C=O) groups is 2. The average Bonchev–Trinajstić information content (AvgIpc) is 3.32. The molecule has 1 aliphatic heterocycles. The molecule has 1 atom stereocenters. The minimum absolute atomic E-state index is 0.0156. The molecule has 2 heterocycles. The predicted octanol–water partition coefficient (Wildman–Crippen LogP) is 4.19. The topological polar surface area (TPSA) is 58.4 Å². The van der Waals surface area contributed by atoms with Gasteiger partial charge >= 0.3 is 0 Å². The van der Waals surface area contributed by atoms with Crippen LogP contribution < -0.4 is 0 Å². The SMILES string of the molecule is CN(C(=O)c1ccn(C)n1)[C@@H](Cc1ccccc1)C1CCN(C(=O)/C=C/c2ccccc2F)CC1. The zero-order chi connectivity index (χ0) is 24.8. The fraction of sp³-hybridized carbons (Fsp3) is 0.321. The number of aromatic nitrogens is 2. The number of carbonyl (C=O) groups excluding carboxylic acids is 2. The molecule has 1 fully saturated rings. The van der Waals surface area contributed by atoms with Crippen molar-refractivity contribution >= 4 is 17.9 Å². The molecule has 0 radical (unpaired) electrons. The van der Waals surface area contributed by atoms with Crippen LogP contribution in [0.1, 0.15) is 34.5 Å². The van der Waals surface area contributed by atoms with Crippen molar-refractivity contribution in [2.24, 2.45) is 13.0 Å². The number of hydrogen-bond acceptors (Lipinski definition) is 3. The van der Waals surface area contributed by atoms with Crippen molar-refractivity contribution in [2.75, 3.05) is 20.1 Å². The summed E-state index contributed by atoms with van der Waals surface area (Å²) in [7, 11) is 3.64. The fourth-order valence-corrected chi connectivity index (χ4v) is 4.72. The van der Waals surface area contributed by atoms with E-state index < -0.39 is 0 Å². The lowest BCUT2D eigenvalue weighted by Gasteiger charge is -2.39. The highest BCUT2D eigenvalue weighted by Crippen LogP contribution is 2.27. The van der Waals surface area contributed by atoms with Crippen molar-refractivity contribution < 1.29 is 14.0 Å². The number of aryl methyl sites for hydroxylation is 1. The molecular weight excluding hydrogens is 443 g/mol. The number of piperidine rings is 1. The van der Waals surface area contributed by atoms with Crippen molar-refractivity contribution in [3.8, 4) is 0 Å². The van der Waals surface area contributed by atoms with Crippen molar-refractivity contribution in [3.05, 3.63) is 95.6 Å². The second kappa shape index (κ2) is 11.1. The number of rotatable bonds is 7. The lowest BCUT2D eigenvalue weighted by Crippen LogP contribution is -2.48. The van der Waals surface area contributed by atoms with Gasteiger partial charge in [0.25, 0.3) is 5.91 Å². The number of nitrogens with zero attached hydrogens (tertiary/aromatic N) is 4. The highest BCUT2D eigenvalue weighted by Gasteiger charge is 2.33. The van der Waals surface area contributed by atoms with Crippen LogP contribution >= 0.6 is 0 Å². The quantitative estimate of drug-likeness (QED) is 0.483. The van der Waals surface area contributed by atoms with Crippen LogP contribution in [0.5, 0.6) is 0 Å². The number of likely N-dealkylation sites (N-methyl/N-ethyl adjacent to an activating group) is 1. The molecular formula is C28H31FN4O2. The van der Waals surface area contributed by atoms with Gasteiger partial charge in [0.2, 0.25) is 5.91 Å². The molecule has 35 heavy (non-hydrogen) atoms. The first-order valence-corrected chi connectivity index (χ1v) is 11.9. The second-order valence-electron chi connectivity index (χ2n) is 9.07. The van der Waals surface area contributed by atoms with Gasteiger partial charge in [-0.15, -0.1) is 0 Å². The molecule has 182 valence electrons. The summed E-state index contributed by atoms with van der Waals surface area (Å²) in [4.78, 5) is 29.5. The molecule has 7 heteroatoms. The third kappa shape index (κ3) is 6.04. The minimum Gasteiger partial charge on any atom is -0.339 e. The molecule has 3 aromatic rings. The molecule has 6 nitrogen and oxygen atoms in total. The predicted molar refractivity (Wildman–Crippen MR) is 134 cm³/mol. The van der Waals surface area contributed by atoms with E-state index in [9.17, 15) is 14.0 Å². The maximum atomic E-state index is 13.9. The molecule has 4 rings (SSSR count). The molecule has 0 saturated carbocycles. The van der Waals surface area contributed by atoms with Crippen LogP contribution in [0.2, 0.25) is 0 Å². The third-order valence-electron chi connectivity index (χ3n) is 6.74. The fourth-order valence-electron chi connectivity index (χ4n) is 4.72. The van der Waals surface area contributed by atoms with E-state index in [1.165, 1.54) is 23.8 Å². The smallest absolute Gasteiger partial charge is 0.274 e. The second-order valence-corrected chi connectivity index (χ2v) is 9.07. The van der Waals surface area contributed by atoms with Crippen LogP contribution in [0.15, 0.2) is 72.9 Å². The number of hydrogen-bond donors (Lipinski definition) is 0. The molecule has 0 bridgehead atoms. The molecule has 1 aromatic heterocycles. The normalized spacial score (nSPS) is 15.3. The van der Waals surface area contributed by atoms with E-state index in [0.717, 1.165) is 19.3 Å². The molecule has 0 N–H and O–H groups in total. The van der Waals surface area contributed by atoms with Gasteiger partial charge in [0, 0.05) is 51.1 Å². The van der Waals surface area contributed by atoms with E-state index in [1.54, 1.807) is 47.1 Å². The lowest BCUT2D eigenvalue weighted by atomic mass is 9.84. The number of halogens is 1. The summed E-state index contributed by atoms with van der Waals surface area (Å²) >= 11 is 0. The maximum Gasteiger partial charge on any atom is 0.274 e. The number of benzene rings is 2. The van der Waals surface area contributed by atoms with Gasteiger partial charge in [0.15, 0.2) is 0 Å². The van der Waals surface area contributed by atoms with Crippen molar-refractivity contribution in [1.29, 1.82) is 0 Å². The Bertz CT molecular complexity index is 1180. The minimum atomic E-state index is -0.348. The Morgan fingerprint density at radius 1 is 1.09 bits per heavy atom. The van der Waals surface area contributed by atoms with E-state index in [4.69, 9.17) is 0 Å². The number of amides is 2. The Kier molecular flexibility index (Phi) is 7.75. The first kappa shape index (κ1) is 24.4. The largest absolute Gasteiger partial charge is 0.339 e. The Morgan fingerprint density at radius 3 is 2.43 bits per heavy atom. The van der Waals surface area contributed by atoms with E-state index in [0.29, 0.717) is 24.3 Å². The Morgan fingerprint density at radius 2 is 1.77 bits per heavy atom. The summed E-state index contributed by atoms with van der Waals surface area (Å²) in [5.41, 5.74) is 2.00. The summed E-state index contributed by atoms with van der Waals surface area (Å²) in [6.45, 7) is 1.20. The van der Waals surface area contributed by atoms with Gasteiger partial charge in [-0.1, -0.05) is 48.5 Å². The van der Waals surface area contributed by atoms with E-state index in [-0.39, 0.29) is 29.6 Å². The van der Waals surface area contributed by atoms with Crippen LogP contribution in [0.4, 0.5) is 4.39 Å². The molecule has 2 aromatic carbocycles. The monoisotopic (exact) mass is 474 g/mol. The molecule has 0 aliphatic carbocycles. The highest BCUT2D eigenvalue weighted by atomic mass is 19.1. The van der Waals surface area contributed by atoms with Gasteiger partial charge in [-0.3, -0.25) is 14.3 Å². The lowest BCUT2D eigenvalue weighted by molar-refractivity contribution is -0.127. The Hall–Kier alpha value is -3.74. The first-order chi connectivity index (χ1) is 16.9. The summed E-state index contributed by atoms with van der Waals surface area (Å²) in [6.07, 6.45) is 7.05. The van der Waals surface area contributed by atoms with Crippen molar-refractivity contribution in [3.63, 3.8) is 0 Å². The first-order valence-electron chi connectivity index (χ1n) is 11.9. The van der Waals surface area contributed by atoms with Crippen LogP contribution in [-0.4, -0.2) is 57.6 Å². The molecule has 1 aliphatic rings. The third-order valence-corrected chi connectivity index (χ3v) is 6.74. The highest BCUT2D eigenvalue weighted by molar-refractivity contribution is 5.92. The Labute approximate surface area is 205 Å². The molecule has 1 saturated heterocycles. The Balaban J connectivity index is 1.44. The van der Waals surface area contributed by atoms with Gasteiger partial charge in [0.05, 0.1) is 0 Å². The molecule has 0 unspecified atom stereocenters. The molecule has 0 spiro atoms. The summed E-state index contributed by atoms with van der Waals surface area (Å²) in [5, 5.41) is 4.29. The number of likely N-dealkylation sites (tertiary alicyclic amines) is 1. The van der Waals surface area contributed by atoms with E-state index >= 15 is 0 Å². The van der Waals surface area contributed by atoms with Crippen molar-refractivity contribution in [2.45, 2.75) is 25.3 Å². The van der Waals surface area contributed by atoms with Crippen LogP contribution in [0.25, 0.3) is 6.08 Å². The zero-order valence-electron chi connectivity index (χ0n) is 20.2. The average molecular weight is 475 g/mol.